The SMILES string of the molecule is Cc1ccc(CNc2nc(C(C)C)ns2)o1. The molecule has 2 rings (SSSR count). The summed E-state index contributed by atoms with van der Waals surface area (Å²) in [6, 6.07) is 3.92. The Morgan fingerprint density at radius 2 is 2.25 bits per heavy atom. The van der Waals surface area contributed by atoms with Crippen molar-refractivity contribution >= 4 is 16.7 Å². The van der Waals surface area contributed by atoms with Gasteiger partial charge in [-0.25, -0.2) is 4.98 Å². The van der Waals surface area contributed by atoms with Gasteiger partial charge in [0.1, 0.15) is 17.3 Å². The number of hydrogen-bond acceptors (Lipinski definition) is 5. The number of nitrogens with one attached hydrogen (secondary N) is 1. The fourth-order valence-corrected chi connectivity index (χ4v) is 1.99. The molecule has 1 N–H and O–H groups in total. The summed E-state index contributed by atoms with van der Waals surface area (Å²) in [6.07, 6.45) is 0. The highest BCUT2D eigenvalue weighted by molar-refractivity contribution is 7.09. The van der Waals surface area contributed by atoms with E-state index < -0.39 is 0 Å². The van der Waals surface area contributed by atoms with Gasteiger partial charge in [0.15, 0.2) is 0 Å². The van der Waals surface area contributed by atoms with Crippen LogP contribution >= 0.6 is 11.5 Å². The van der Waals surface area contributed by atoms with Crippen molar-refractivity contribution in [2.75, 3.05) is 5.32 Å². The summed E-state index contributed by atoms with van der Waals surface area (Å²) in [5.74, 6) is 3.11. The molecule has 0 radical (unpaired) electrons. The minimum absolute atomic E-state index is 0.373. The molecule has 0 unspecified atom stereocenters. The van der Waals surface area contributed by atoms with Crippen LogP contribution in [0.3, 0.4) is 0 Å². The fourth-order valence-electron chi connectivity index (χ4n) is 1.28. The minimum atomic E-state index is 0.373. The third kappa shape index (κ3) is 2.61. The Hall–Kier alpha value is -1.36. The molecule has 0 aromatic carbocycles. The molecule has 0 spiro atoms. The van der Waals surface area contributed by atoms with Gasteiger partial charge in [-0.05, 0) is 19.1 Å². The molecule has 86 valence electrons. The van der Waals surface area contributed by atoms with E-state index in [9.17, 15) is 0 Å². The average molecular weight is 237 g/mol. The maximum atomic E-state index is 5.45. The van der Waals surface area contributed by atoms with Crippen molar-refractivity contribution < 1.29 is 4.42 Å². The first-order chi connectivity index (χ1) is 7.65. The van der Waals surface area contributed by atoms with E-state index in [2.05, 4.69) is 28.5 Å². The Bertz CT molecular complexity index is 461. The maximum Gasteiger partial charge on any atom is 0.202 e. The van der Waals surface area contributed by atoms with Crippen molar-refractivity contribution in [3.05, 3.63) is 29.5 Å². The predicted octanol–water partition coefficient (Wildman–Crippen LogP) is 3.18. The normalized spacial score (nSPS) is 11.0. The monoisotopic (exact) mass is 237 g/mol. The highest BCUT2D eigenvalue weighted by Gasteiger charge is 2.07. The lowest BCUT2D eigenvalue weighted by Crippen LogP contribution is -1.98. The lowest BCUT2D eigenvalue weighted by molar-refractivity contribution is 0.490. The standard InChI is InChI=1S/C11H15N3OS/c1-7(2)10-13-11(16-14-10)12-6-9-5-4-8(3)15-9/h4-5,7H,6H2,1-3H3,(H,12,13,14). The van der Waals surface area contributed by atoms with Crippen LogP contribution in [0.5, 0.6) is 0 Å². The van der Waals surface area contributed by atoms with Gasteiger partial charge in [-0.1, -0.05) is 13.8 Å². The van der Waals surface area contributed by atoms with Gasteiger partial charge in [-0.2, -0.15) is 4.37 Å². The quantitative estimate of drug-likeness (QED) is 0.887. The van der Waals surface area contributed by atoms with E-state index >= 15 is 0 Å². The van der Waals surface area contributed by atoms with Crippen LogP contribution in [0.15, 0.2) is 16.5 Å². The average Bonchev–Trinajstić information content (AvgIpc) is 2.83. The van der Waals surface area contributed by atoms with Gasteiger partial charge in [0.05, 0.1) is 6.54 Å². The molecule has 0 aliphatic heterocycles. The number of rotatable bonds is 4. The Kier molecular flexibility index (Phi) is 3.24. The number of furan rings is 1. The van der Waals surface area contributed by atoms with Crippen LogP contribution in [0, 0.1) is 6.92 Å². The van der Waals surface area contributed by atoms with E-state index in [4.69, 9.17) is 4.42 Å². The second kappa shape index (κ2) is 4.65. The van der Waals surface area contributed by atoms with Gasteiger partial charge < -0.3 is 9.73 Å². The zero-order valence-electron chi connectivity index (χ0n) is 9.65. The van der Waals surface area contributed by atoms with Crippen molar-refractivity contribution in [1.82, 2.24) is 9.36 Å². The molecule has 0 atom stereocenters. The highest BCUT2D eigenvalue weighted by atomic mass is 32.1. The van der Waals surface area contributed by atoms with Gasteiger partial charge in [0.2, 0.25) is 5.13 Å². The summed E-state index contributed by atoms with van der Waals surface area (Å²) < 4.78 is 9.72. The Morgan fingerprint density at radius 3 is 2.81 bits per heavy atom. The first-order valence-corrected chi connectivity index (χ1v) is 6.05. The third-order valence-electron chi connectivity index (χ3n) is 2.17. The first-order valence-electron chi connectivity index (χ1n) is 5.28. The van der Waals surface area contributed by atoms with E-state index in [-0.39, 0.29) is 0 Å². The first kappa shape index (κ1) is 11.1. The van der Waals surface area contributed by atoms with Gasteiger partial charge in [0, 0.05) is 17.5 Å². The molecule has 0 amide bonds. The molecular weight excluding hydrogens is 222 g/mol. The molecule has 0 saturated carbocycles. The van der Waals surface area contributed by atoms with E-state index in [1.165, 1.54) is 11.5 Å². The second-order valence-electron chi connectivity index (χ2n) is 3.98. The summed E-state index contributed by atoms with van der Waals surface area (Å²) in [7, 11) is 0. The van der Waals surface area contributed by atoms with Gasteiger partial charge in [0.25, 0.3) is 0 Å². The molecule has 2 heterocycles. The van der Waals surface area contributed by atoms with Gasteiger partial charge >= 0.3 is 0 Å². The topological polar surface area (TPSA) is 51.0 Å². The van der Waals surface area contributed by atoms with E-state index in [1.54, 1.807) is 0 Å². The third-order valence-corrected chi connectivity index (χ3v) is 2.85. The van der Waals surface area contributed by atoms with E-state index in [0.717, 1.165) is 22.5 Å². The Morgan fingerprint density at radius 1 is 1.44 bits per heavy atom. The van der Waals surface area contributed by atoms with Crippen molar-refractivity contribution in [1.29, 1.82) is 0 Å². The van der Waals surface area contributed by atoms with Crippen LogP contribution in [0.1, 0.15) is 37.1 Å². The molecule has 4 nitrogen and oxygen atoms in total. The zero-order valence-corrected chi connectivity index (χ0v) is 10.5. The molecule has 0 saturated heterocycles. The van der Waals surface area contributed by atoms with Crippen LogP contribution < -0.4 is 5.32 Å². The van der Waals surface area contributed by atoms with E-state index in [0.29, 0.717) is 12.5 Å². The van der Waals surface area contributed by atoms with Crippen LogP contribution in [0.25, 0.3) is 0 Å². The predicted molar refractivity (Wildman–Crippen MR) is 64.8 cm³/mol. The van der Waals surface area contributed by atoms with Gasteiger partial charge in [-0.15, -0.1) is 0 Å². The molecule has 5 heteroatoms. The molecule has 0 fully saturated rings. The number of aryl methyl sites for hydroxylation is 1. The molecule has 0 aliphatic carbocycles. The summed E-state index contributed by atoms with van der Waals surface area (Å²) in [5, 5.41) is 4.05. The highest BCUT2D eigenvalue weighted by Crippen LogP contribution is 2.18. The van der Waals surface area contributed by atoms with Crippen molar-refractivity contribution in [3.8, 4) is 0 Å². The number of aromatic nitrogens is 2. The summed E-state index contributed by atoms with van der Waals surface area (Å²) in [4.78, 5) is 4.39. The zero-order chi connectivity index (χ0) is 11.5. The molecule has 0 bridgehead atoms. The van der Waals surface area contributed by atoms with Crippen LogP contribution in [0.2, 0.25) is 0 Å². The number of anilines is 1. The number of nitrogens with zero attached hydrogens (tertiary/aromatic N) is 2. The summed E-state index contributed by atoms with van der Waals surface area (Å²) in [5.41, 5.74) is 0. The summed E-state index contributed by atoms with van der Waals surface area (Å²) >= 11 is 1.39. The fraction of sp³-hybridized carbons (Fsp3) is 0.455. The largest absolute Gasteiger partial charge is 0.465 e. The lowest BCUT2D eigenvalue weighted by atomic mass is 10.2. The van der Waals surface area contributed by atoms with Crippen molar-refractivity contribution in [2.24, 2.45) is 0 Å². The smallest absolute Gasteiger partial charge is 0.202 e. The van der Waals surface area contributed by atoms with Crippen LogP contribution in [0.4, 0.5) is 5.13 Å². The van der Waals surface area contributed by atoms with Crippen molar-refractivity contribution in [2.45, 2.75) is 33.2 Å². The van der Waals surface area contributed by atoms with Crippen molar-refractivity contribution in [3.63, 3.8) is 0 Å². The van der Waals surface area contributed by atoms with Crippen LogP contribution in [-0.2, 0) is 6.54 Å². The minimum Gasteiger partial charge on any atom is -0.465 e. The van der Waals surface area contributed by atoms with Gasteiger partial charge in [-0.3, -0.25) is 0 Å². The second-order valence-corrected chi connectivity index (χ2v) is 4.73. The molecule has 2 aromatic rings. The van der Waals surface area contributed by atoms with Crippen LogP contribution in [-0.4, -0.2) is 9.36 Å². The molecule has 2 aromatic heterocycles. The molecule has 16 heavy (non-hydrogen) atoms. The Balaban J connectivity index is 1.94. The molecular formula is C11H15N3OS. The lowest BCUT2D eigenvalue weighted by Gasteiger charge is -1.98. The maximum absolute atomic E-state index is 5.45. The Labute approximate surface area is 98.9 Å². The molecule has 0 aliphatic rings. The summed E-state index contributed by atoms with van der Waals surface area (Å²) in [6.45, 7) is 6.76. The van der Waals surface area contributed by atoms with E-state index in [1.807, 2.05) is 19.1 Å². The number of hydrogen-bond donors (Lipinski definition) is 1.